The number of aryl methyl sites for hydroxylation is 1. The number of rotatable bonds is 5. The van der Waals surface area contributed by atoms with E-state index >= 15 is 0 Å². The Morgan fingerprint density at radius 3 is 2.56 bits per heavy atom. The molecule has 170 valence electrons. The highest BCUT2D eigenvalue weighted by atomic mass is 35.5. The van der Waals surface area contributed by atoms with Crippen molar-refractivity contribution in [3.63, 3.8) is 0 Å². The first kappa shape index (κ1) is 21.6. The summed E-state index contributed by atoms with van der Waals surface area (Å²) in [7, 11) is 1.53. The van der Waals surface area contributed by atoms with Gasteiger partial charge in [0.1, 0.15) is 17.3 Å². The number of hydrogen-bond donors (Lipinski definition) is 0. The van der Waals surface area contributed by atoms with Gasteiger partial charge < -0.3 is 4.74 Å². The van der Waals surface area contributed by atoms with E-state index in [0.29, 0.717) is 33.8 Å². The summed E-state index contributed by atoms with van der Waals surface area (Å²) in [6.07, 6.45) is 0. The van der Waals surface area contributed by atoms with Gasteiger partial charge in [0.25, 0.3) is 11.6 Å². The summed E-state index contributed by atoms with van der Waals surface area (Å²) in [5.41, 5.74) is 3.90. The molecule has 4 aromatic rings. The monoisotopic (exact) mass is 474 g/mol. The van der Waals surface area contributed by atoms with Crippen LogP contribution in [0.15, 0.2) is 71.8 Å². The van der Waals surface area contributed by atoms with Gasteiger partial charge in [0.05, 0.1) is 24.3 Å². The molecule has 0 atom stereocenters. The zero-order valence-electron chi connectivity index (χ0n) is 18.3. The average Bonchev–Trinajstić information content (AvgIpc) is 3.16. The van der Waals surface area contributed by atoms with E-state index in [1.165, 1.54) is 19.2 Å². The van der Waals surface area contributed by atoms with Gasteiger partial charge >= 0.3 is 0 Å². The number of benzene rings is 3. The van der Waals surface area contributed by atoms with Crippen LogP contribution >= 0.6 is 11.6 Å². The van der Waals surface area contributed by atoms with Crippen molar-refractivity contribution < 1.29 is 9.66 Å². The summed E-state index contributed by atoms with van der Waals surface area (Å²) in [6.45, 7) is 2.04. The molecular formula is C24H19ClN6O3. The maximum atomic E-state index is 11.4. The lowest BCUT2D eigenvalue weighted by Crippen LogP contribution is -2.21. The lowest BCUT2D eigenvalue weighted by atomic mass is 10.0. The zero-order valence-corrected chi connectivity index (χ0v) is 19.1. The second-order valence-corrected chi connectivity index (χ2v) is 8.10. The normalized spacial score (nSPS) is 12.4. The Morgan fingerprint density at radius 1 is 1.06 bits per heavy atom. The smallest absolute Gasteiger partial charge is 0.270 e. The van der Waals surface area contributed by atoms with E-state index in [1.54, 1.807) is 11.1 Å². The number of para-hydroxylation sites is 1. The van der Waals surface area contributed by atoms with Crippen LogP contribution in [0.2, 0.25) is 5.02 Å². The van der Waals surface area contributed by atoms with E-state index in [4.69, 9.17) is 21.4 Å². The lowest BCUT2D eigenvalue weighted by Gasteiger charge is -2.19. The van der Waals surface area contributed by atoms with Crippen molar-refractivity contribution in [3.05, 3.63) is 104 Å². The van der Waals surface area contributed by atoms with Crippen LogP contribution in [0.1, 0.15) is 22.5 Å². The van der Waals surface area contributed by atoms with Crippen LogP contribution in [0.4, 0.5) is 11.6 Å². The minimum atomic E-state index is -0.434. The first-order chi connectivity index (χ1) is 16.5. The summed E-state index contributed by atoms with van der Waals surface area (Å²) in [5.74, 6) is 1.69. The summed E-state index contributed by atoms with van der Waals surface area (Å²) >= 11 is 6.13. The molecule has 0 radical (unpaired) electrons. The largest absolute Gasteiger partial charge is 0.496 e. The van der Waals surface area contributed by atoms with Crippen LogP contribution in [-0.4, -0.2) is 32.5 Å². The number of nitrogens with zero attached hydrogens (tertiary/aromatic N) is 6. The number of halogens is 1. The number of hydrogen-bond acceptors (Lipinski definition) is 7. The molecule has 34 heavy (non-hydrogen) atoms. The number of hydrazone groups is 1. The van der Waals surface area contributed by atoms with Crippen LogP contribution in [0, 0.1) is 17.0 Å². The minimum Gasteiger partial charge on any atom is -0.496 e. The van der Waals surface area contributed by atoms with Gasteiger partial charge in [0.2, 0.25) is 0 Å². The molecule has 10 heteroatoms. The molecule has 2 heterocycles. The molecule has 1 aliphatic rings. The van der Waals surface area contributed by atoms with Gasteiger partial charge in [0, 0.05) is 33.8 Å². The Morgan fingerprint density at radius 2 is 1.82 bits per heavy atom. The fourth-order valence-electron chi connectivity index (χ4n) is 3.98. The molecule has 3 aromatic carbocycles. The number of ether oxygens (including phenoxy) is 1. The minimum absolute atomic E-state index is 0.0338. The van der Waals surface area contributed by atoms with Gasteiger partial charge in [-0.05, 0) is 31.2 Å². The van der Waals surface area contributed by atoms with Crippen molar-refractivity contribution in [1.82, 2.24) is 14.8 Å². The Kier molecular flexibility index (Phi) is 5.46. The van der Waals surface area contributed by atoms with E-state index in [2.05, 4.69) is 10.2 Å². The number of non-ortho nitro benzene ring substituents is 1. The first-order valence-corrected chi connectivity index (χ1v) is 10.8. The molecule has 0 fully saturated rings. The molecular weight excluding hydrogens is 456 g/mol. The Hall–Kier alpha value is -4.24. The summed E-state index contributed by atoms with van der Waals surface area (Å²) < 4.78 is 7.40. The van der Waals surface area contributed by atoms with Crippen molar-refractivity contribution >= 4 is 28.9 Å². The third-order valence-electron chi connectivity index (χ3n) is 5.57. The lowest BCUT2D eigenvalue weighted by molar-refractivity contribution is -0.384. The van der Waals surface area contributed by atoms with Gasteiger partial charge in [-0.1, -0.05) is 41.9 Å². The van der Waals surface area contributed by atoms with E-state index in [1.807, 2.05) is 60.0 Å². The van der Waals surface area contributed by atoms with Gasteiger partial charge in [-0.15, -0.1) is 10.2 Å². The standard InChI is InChI=1S/C24H19ClN6O3/c1-15-26-27-24-29(14-17-13-19(31(32)33)11-12-22(17)34-2)28-23(16-7-9-18(25)10-8-16)20-5-3-4-6-21(20)30(15)24/h3-13H,14H2,1-2H3. The fraction of sp³-hybridized carbons (Fsp3) is 0.125. The SMILES string of the molecule is COc1ccc([N+](=O)[O-])cc1CN1N=C(c2ccc(Cl)cc2)c2ccccc2-n2c(C)nnc21. The number of aromatic nitrogens is 3. The van der Waals surface area contributed by atoms with Crippen LogP contribution < -0.4 is 9.75 Å². The Bertz CT molecular complexity index is 1430. The highest BCUT2D eigenvalue weighted by Gasteiger charge is 2.27. The number of nitro benzene ring substituents is 1. The van der Waals surface area contributed by atoms with Crippen LogP contribution in [-0.2, 0) is 6.54 Å². The molecule has 5 rings (SSSR count). The second kappa shape index (κ2) is 8.60. The topological polar surface area (TPSA) is 98.7 Å². The third-order valence-corrected chi connectivity index (χ3v) is 5.82. The van der Waals surface area contributed by atoms with Crippen LogP contribution in [0.5, 0.6) is 5.75 Å². The molecule has 0 bridgehead atoms. The van der Waals surface area contributed by atoms with Crippen molar-refractivity contribution in [2.45, 2.75) is 13.5 Å². The molecule has 9 nitrogen and oxygen atoms in total. The molecule has 1 aromatic heterocycles. The number of nitro groups is 1. The van der Waals surface area contributed by atoms with Gasteiger partial charge in [-0.3, -0.25) is 14.7 Å². The summed E-state index contributed by atoms with van der Waals surface area (Å²) in [5, 5.41) is 27.3. The number of fused-ring (bicyclic) bond motifs is 3. The summed E-state index contributed by atoms with van der Waals surface area (Å²) in [6, 6.07) is 19.8. The van der Waals surface area contributed by atoms with Crippen LogP contribution in [0.3, 0.4) is 0 Å². The molecule has 1 aliphatic heterocycles. The molecule has 0 saturated carbocycles. The van der Waals surface area contributed by atoms with E-state index in [0.717, 1.165) is 16.8 Å². The zero-order chi connectivity index (χ0) is 23.8. The molecule has 0 amide bonds. The van der Waals surface area contributed by atoms with Crippen molar-refractivity contribution in [1.29, 1.82) is 0 Å². The second-order valence-electron chi connectivity index (χ2n) is 7.67. The van der Waals surface area contributed by atoms with E-state index < -0.39 is 4.92 Å². The summed E-state index contributed by atoms with van der Waals surface area (Å²) in [4.78, 5) is 11.0. The maximum absolute atomic E-state index is 11.4. The predicted molar refractivity (Wildman–Crippen MR) is 129 cm³/mol. The van der Waals surface area contributed by atoms with Crippen molar-refractivity contribution in [2.75, 3.05) is 12.1 Å². The Balaban J connectivity index is 1.72. The van der Waals surface area contributed by atoms with Crippen molar-refractivity contribution in [2.24, 2.45) is 5.10 Å². The van der Waals surface area contributed by atoms with E-state index in [9.17, 15) is 10.1 Å². The van der Waals surface area contributed by atoms with E-state index in [-0.39, 0.29) is 12.2 Å². The number of anilines is 1. The molecule has 0 unspecified atom stereocenters. The fourth-order valence-corrected chi connectivity index (χ4v) is 4.11. The quantitative estimate of drug-likeness (QED) is 0.301. The van der Waals surface area contributed by atoms with Crippen LogP contribution in [0.25, 0.3) is 5.69 Å². The molecule has 0 saturated heterocycles. The molecule has 0 N–H and O–H groups in total. The molecule has 0 spiro atoms. The first-order valence-electron chi connectivity index (χ1n) is 10.4. The third kappa shape index (κ3) is 3.75. The Labute approximate surface area is 200 Å². The highest BCUT2D eigenvalue weighted by molar-refractivity contribution is 6.30. The van der Waals surface area contributed by atoms with Gasteiger partial charge in [-0.2, -0.15) is 5.10 Å². The molecule has 0 aliphatic carbocycles. The van der Waals surface area contributed by atoms with Crippen molar-refractivity contribution in [3.8, 4) is 11.4 Å². The van der Waals surface area contributed by atoms with Gasteiger partial charge in [0.15, 0.2) is 0 Å². The van der Waals surface area contributed by atoms with Gasteiger partial charge in [-0.25, -0.2) is 5.01 Å². The predicted octanol–water partition coefficient (Wildman–Crippen LogP) is 4.92. The highest BCUT2D eigenvalue weighted by Crippen LogP contribution is 2.33. The average molecular weight is 475 g/mol. The number of methoxy groups -OCH3 is 1. The maximum Gasteiger partial charge on any atom is 0.270 e.